The number of esters is 1. The van der Waals surface area contributed by atoms with Crippen LogP contribution in [-0.2, 0) is 14.3 Å². The Bertz CT molecular complexity index is 225. The number of hydrogen-bond donors (Lipinski definition) is 1. The zero-order chi connectivity index (χ0) is 11.1. The lowest BCUT2D eigenvalue weighted by molar-refractivity contribution is -0.151. The highest BCUT2D eigenvalue weighted by Gasteiger charge is 2.18. The van der Waals surface area contributed by atoms with Gasteiger partial charge in [-0.15, -0.1) is 0 Å². The van der Waals surface area contributed by atoms with Crippen LogP contribution in [-0.4, -0.2) is 26.4 Å². The lowest BCUT2D eigenvalue weighted by Gasteiger charge is -2.11. The minimum Gasteiger partial charge on any atom is -0.462 e. The number of rotatable bonds is 2. The van der Waals surface area contributed by atoms with Gasteiger partial charge in [0.05, 0.1) is 7.11 Å². The van der Waals surface area contributed by atoms with Crippen LogP contribution < -0.4 is 5.23 Å². The molecule has 4 nitrogen and oxygen atoms in total. The monoisotopic (exact) mass is 210 g/mol. The van der Waals surface area contributed by atoms with E-state index in [1.807, 2.05) is 0 Å². The molecule has 0 atom stereocenters. The molecular formula is C10H17BNO3. The largest absolute Gasteiger partial charge is 0.462 e. The molecule has 1 N–H and O–H groups in total. The summed E-state index contributed by atoms with van der Waals surface area (Å²) >= 11 is 0. The fraction of sp³-hybridized carbons (Fsp3) is 0.800. The average Bonchev–Trinajstić information content (AvgIpc) is 2.53. The molecule has 1 aliphatic carbocycles. The number of amides is 1. The minimum absolute atomic E-state index is 0.404. The normalized spacial score (nSPS) is 17.7. The summed E-state index contributed by atoms with van der Waals surface area (Å²) in [6, 6.07) is 0. The molecule has 1 amide bonds. The van der Waals surface area contributed by atoms with E-state index < -0.39 is 11.9 Å². The van der Waals surface area contributed by atoms with Gasteiger partial charge in [-0.3, -0.25) is 4.79 Å². The van der Waals surface area contributed by atoms with Crippen molar-refractivity contribution in [3.63, 3.8) is 0 Å². The van der Waals surface area contributed by atoms with Gasteiger partial charge in [-0.2, -0.15) is 0 Å². The van der Waals surface area contributed by atoms with E-state index in [1.165, 1.54) is 32.8 Å². The van der Waals surface area contributed by atoms with Crippen LogP contribution >= 0.6 is 0 Å². The molecule has 83 valence electrons. The van der Waals surface area contributed by atoms with Crippen molar-refractivity contribution in [3.05, 3.63) is 0 Å². The van der Waals surface area contributed by atoms with E-state index in [-0.39, 0.29) is 0 Å². The molecule has 0 aromatic carbocycles. The summed E-state index contributed by atoms with van der Waals surface area (Å²) in [4.78, 5) is 21.9. The first-order chi connectivity index (χ1) is 7.24. The van der Waals surface area contributed by atoms with Crippen LogP contribution in [0.15, 0.2) is 0 Å². The second-order valence-corrected chi connectivity index (χ2v) is 3.88. The predicted octanol–water partition coefficient (Wildman–Crippen LogP) is 1.04. The van der Waals surface area contributed by atoms with Gasteiger partial charge in [0.1, 0.15) is 0 Å². The summed E-state index contributed by atoms with van der Waals surface area (Å²) in [5, 5.41) is 2.49. The molecule has 1 aliphatic rings. The van der Waals surface area contributed by atoms with Crippen LogP contribution in [0.2, 0.25) is 5.82 Å². The third-order valence-corrected chi connectivity index (χ3v) is 2.72. The lowest BCUT2D eigenvalue weighted by Crippen LogP contribution is -2.36. The first-order valence-corrected chi connectivity index (χ1v) is 5.46. The zero-order valence-electron chi connectivity index (χ0n) is 9.12. The Hall–Kier alpha value is -0.995. The number of carbonyl (C=O) groups excluding carboxylic acids is 2. The molecule has 0 saturated heterocycles. The maximum Gasteiger partial charge on any atom is 0.395 e. The van der Waals surface area contributed by atoms with Crippen LogP contribution in [0.5, 0.6) is 0 Å². The Morgan fingerprint density at radius 3 is 2.33 bits per heavy atom. The molecule has 0 aromatic heterocycles. The molecule has 1 radical (unpaired) electrons. The van der Waals surface area contributed by atoms with Crippen molar-refractivity contribution >= 4 is 19.3 Å². The molecule has 1 fully saturated rings. The molecule has 0 spiro atoms. The Kier molecular flexibility index (Phi) is 5.22. The summed E-state index contributed by atoms with van der Waals surface area (Å²) in [6.45, 7) is 0. The van der Waals surface area contributed by atoms with Gasteiger partial charge in [0.15, 0.2) is 0 Å². The molecule has 0 unspecified atom stereocenters. The predicted molar refractivity (Wildman–Crippen MR) is 57.4 cm³/mol. The third-order valence-electron chi connectivity index (χ3n) is 2.72. The molecule has 1 rings (SSSR count). The first kappa shape index (κ1) is 12.1. The SMILES string of the molecule is COC(=O)C(=O)N[B]C1CCCCCC1. The van der Waals surface area contributed by atoms with E-state index in [0.29, 0.717) is 5.82 Å². The molecule has 1 saturated carbocycles. The van der Waals surface area contributed by atoms with Crippen molar-refractivity contribution < 1.29 is 14.3 Å². The van der Waals surface area contributed by atoms with Gasteiger partial charge in [-0.25, -0.2) is 4.79 Å². The summed E-state index contributed by atoms with van der Waals surface area (Å²) in [5.74, 6) is -1.11. The first-order valence-electron chi connectivity index (χ1n) is 5.46. The average molecular weight is 210 g/mol. The second kappa shape index (κ2) is 6.48. The van der Waals surface area contributed by atoms with Crippen molar-refractivity contribution in [2.75, 3.05) is 7.11 Å². The number of methoxy groups -OCH3 is 1. The maximum atomic E-state index is 11.1. The highest BCUT2D eigenvalue weighted by molar-refractivity contribution is 6.47. The standard InChI is InChI=1S/C10H17BNO3/c1-15-10(14)9(13)12-11-8-6-4-2-3-5-7-8/h8H,2-7H2,1H3,(H,12,13). The van der Waals surface area contributed by atoms with Crippen LogP contribution in [0.25, 0.3) is 0 Å². The summed E-state index contributed by atoms with van der Waals surface area (Å²) in [6.07, 6.45) is 7.15. The number of carbonyl (C=O) groups is 2. The molecule has 0 aromatic rings. The number of nitrogens with one attached hydrogen (secondary N) is 1. The molecule has 0 bridgehead atoms. The van der Waals surface area contributed by atoms with Gasteiger partial charge < -0.3 is 9.96 Å². The summed E-state index contributed by atoms with van der Waals surface area (Å²) < 4.78 is 4.31. The zero-order valence-corrected chi connectivity index (χ0v) is 9.12. The van der Waals surface area contributed by atoms with Crippen LogP contribution in [0.3, 0.4) is 0 Å². The van der Waals surface area contributed by atoms with Crippen molar-refractivity contribution in [2.45, 2.75) is 44.3 Å². The van der Waals surface area contributed by atoms with Crippen LogP contribution in [0.4, 0.5) is 0 Å². The van der Waals surface area contributed by atoms with Crippen molar-refractivity contribution in [2.24, 2.45) is 0 Å². The third kappa shape index (κ3) is 4.36. The van der Waals surface area contributed by atoms with Gasteiger partial charge in [0.2, 0.25) is 7.41 Å². The molecule has 5 heteroatoms. The van der Waals surface area contributed by atoms with E-state index in [0.717, 1.165) is 12.8 Å². The minimum atomic E-state index is -0.833. The van der Waals surface area contributed by atoms with E-state index >= 15 is 0 Å². The van der Waals surface area contributed by atoms with Gasteiger partial charge in [0, 0.05) is 0 Å². The summed E-state index contributed by atoms with van der Waals surface area (Å²) in [7, 11) is 2.94. The van der Waals surface area contributed by atoms with Gasteiger partial charge in [-0.05, 0) is 5.82 Å². The Balaban J connectivity index is 2.23. The quantitative estimate of drug-likeness (QED) is 0.320. The van der Waals surface area contributed by atoms with E-state index in [1.54, 1.807) is 7.41 Å². The topological polar surface area (TPSA) is 55.4 Å². The summed E-state index contributed by atoms with van der Waals surface area (Å²) in [5.41, 5.74) is 0. The molecule has 0 heterocycles. The number of hydrogen-bond acceptors (Lipinski definition) is 3. The maximum absolute atomic E-state index is 11.1. The van der Waals surface area contributed by atoms with Crippen LogP contribution in [0.1, 0.15) is 38.5 Å². The number of ether oxygens (including phenoxy) is 1. The Morgan fingerprint density at radius 2 is 1.80 bits per heavy atom. The van der Waals surface area contributed by atoms with Gasteiger partial charge in [-0.1, -0.05) is 38.5 Å². The smallest absolute Gasteiger partial charge is 0.395 e. The molecule has 15 heavy (non-hydrogen) atoms. The van der Waals surface area contributed by atoms with Crippen molar-refractivity contribution in [1.82, 2.24) is 5.23 Å². The highest BCUT2D eigenvalue weighted by Crippen LogP contribution is 2.25. The van der Waals surface area contributed by atoms with Gasteiger partial charge >= 0.3 is 11.9 Å². The highest BCUT2D eigenvalue weighted by atomic mass is 16.5. The Morgan fingerprint density at radius 1 is 1.20 bits per heavy atom. The lowest BCUT2D eigenvalue weighted by atomic mass is 9.71. The Labute approximate surface area is 91.0 Å². The van der Waals surface area contributed by atoms with Gasteiger partial charge in [0.25, 0.3) is 0 Å². The van der Waals surface area contributed by atoms with Crippen molar-refractivity contribution in [1.29, 1.82) is 0 Å². The van der Waals surface area contributed by atoms with E-state index in [4.69, 9.17) is 0 Å². The molecular weight excluding hydrogens is 193 g/mol. The van der Waals surface area contributed by atoms with Crippen LogP contribution in [0, 0.1) is 0 Å². The fourth-order valence-corrected chi connectivity index (χ4v) is 1.82. The molecule has 0 aliphatic heterocycles. The second-order valence-electron chi connectivity index (χ2n) is 3.88. The fourth-order valence-electron chi connectivity index (χ4n) is 1.82. The van der Waals surface area contributed by atoms with Crippen molar-refractivity contribution in [3.8, 4) is 0 Å². The van der Waals surface area contributed by atoms with E-state index in [9.17, 15) is 9.59 Å². The van der Waals surface area contributed by atoms with E-state index in [2.05, 4.69) is 9.96 Å².